The number of hydrogen-bond donors (Lipinski definition) is 1. The van der Waals surface area contributed by atoms with Gasteiger partial charge < -0.3 is 14.7 Å². The molecule has 0 aromatic heterocycles. The zero-order chi connectivity index (χ0) is 16.4. The number of phenols is 1. The smallest absolute Gasteiger partial charge is 0.143 e. The molecule has 4 heteroatoms. The number of hydrogen-bond acceptors (Lipinski definition) is 3. The van der Waals surface area contributed by atoms with Crippen molar-refractivity contribution in [3.8, 4) is 11.5 Å². The normalized spacial score (nSPS) is 15.9. The standard InChI is InChI=1S/C19H22FNO2/c1-3-19(4-2)13-21(12-14-7-5-6-8-16(14)20)17-11-15(22)9-10-18(17)23-19/h5-11,22H,3-4,12-13H2,1-2H3. The fourth-order valence-electron chi connectivity index (χ4n) is 3.13. The molecular weight excluding hydrogens is 293 g/mol. The van der Waals surface area contributed by atoms with Crippen molar-refractivity contribution >= 4 is 5.69 Å². The number of aromatic hydroxyl groups is 1. The Labute approximate surface area is 136 Å². The highest BCUT2D eigenvalue weighted by molar-refractivity contribution is 5.63. The molecule has 0 bridgehead atoms. The van der Waals surface area contributed by atoms with E-state index in [-0.39, 0.29) is 17.2 Å². The van der Waals surface area contributed by atoms with Crippen molar-refractivity contribution in [2.24, 2.45) is 0 Å². The number of ether oxygens (including phenoxy) is 1. The Balaban J connectivity index is 2.00. The van der Waals surface area contributed by atoms with Crippen molar-refractivity contribution in [3.63, 3.8) is 0 Å². The minimum Gasteiger partial charge on any atom is -0.508 e. The van der Waals surface area contributed by atoms with Crippen molar-refractivity contribution in [3.05, 3.63) is 53.8 Å². The van der Waals surface area contributed by atoms with Gasteiger partial charge in [0.2, 0.25) is 0 Å². The third kappa shape index (κ3) is 2.98. The molecule has 122 valence electrons. The van der Waals surface area contributed by atoms with Gasteiger partial charge in [-0.2, -0.15) is 0 Å². The minimum absolute atomic E-state index is 0.186. The van der Waals surface area contributed by atoms with E-state index in [1.54, 1.807) is 30.3 Å². The van der Waals surface area contributed by atoms with E-state index in [0.717, 1.165) is 24.3 Å². The summed E-state index contributed by atoms with van der Waals surface area (Å²) in [7, 11) is 0. The van der Waals surface area contributed by atoms with E-state index < -0.39 is 0 Å². The summed E-state index contributed by atoms with van der Waals surface area (Å²) < 4.78 is 20.3. The Morgan fingerprint density at radius 2 is 1.91 bits per heavy atom. The minimum atomic E-state index is -0.283. The van der Waals surface area contributed by atoms with Crippen LogP contribution in [0.15, 0.2) is 42.5 Å². The highest BCUT2D eigenvalue weighted by Crippen LogP contribution is 2.42. The van der Waals surface area contributed by atoms with Crippen LogP contribution in [0.3, 0.4) is 0 Å². The summed E-state index contributed by atoms with van der Waals surface area (Å²) in [6.45, 7) is 5.34. The lowest BCUT2D eigenvalue weighted by Gasteiger charge is -2.44. The first kappa shape index (κ1) is 15.7. The Hall–Kier alpha value is -2.23. The van der Waals surface area contributed by atoms with Gasteiger partial charge in [-0.3, -0.25) is 0 Å². The van der Waals surface area contributed by atoms with E-state index >= 15 is 0 Å². The van der Waals surface area contributed by atoms with Gasteiger partial charge in [-0.1, -0.05) is 32.0 Å². The predicted molar refractivity (Wildman–Crippen MR) is 89.5 cm³/mol. The van der Waals surface area contributed by atoms with E-state index in [1.807, 2.05) is 6.07 Å². The number of benzene rings is 2. The molecule has 0 saturated carbocycles. The number of fused-ring (bicyclic) bond motifs is 1. The maximum atomic E-state index is 14.0. The van der Waals surface area contributed by atoms with Crippen LogP contribution in [0.2, 0.25) is 0 Å². The summed E-state index contributed by atoms with van der Waals surface area (Å²) in [6.07, 6.45) is 1.75. The molecule has 23 heavy (non-hydrogen) atoms. The van der Waals surface area contributed by atoms with Crippen molar-refractivity contribution in [2.45, 2.75) is 38.8 Å². The molecule has 3 nitrogen and oxygen atoms in total. The molecule has 0 aliphatic carbocycles. The summed E-state index contributed by atoms with van der Waals surface area (Å²) in [5, 5.41) is 9.81. The average Bonchev–Trinajstić information content (AvgIpc) is 2.57. The second-order valence-corrected chi connectivity index (χ2v) is 6.09. The molecule has 0 saturated heterocycles. The van der Waals surface area contributed by atoms with Gasteiger partial charge in [0.15, 0.2) is 0 Å². The fraction of sp³-hybridized carbons (Fsp3) is 0.368. The SMILES string of the molecule is CCC1(CC)CN(Cc2ccccc2F)c2cc(O)ccc2O1. The largest absolute Gasteiger partial charge is 0.508 e. The van der Waals surface area contributed by atoms with Crippen molar-refractivity contribution in [2.75, 3.05) is 11.4 Å². The number of anilines is 1. The maximum absolute atomic E-state index is 14.0. The highest BCUT2D eigenvalue weighted by atomic mass is 19.1. The van der Waals surface area contributed by atoms with Crippen molar-refractivity contribution < 1.29 is 14.2 Å². The Morgan fingerprint density at radius 3 is 2.61 bits per heavy atom. The molecule has 1 aliphatic rings. The zero-order valence-corrected chi connectivity index (χ0v) is 13.6. The summed E-state index contributed by atoms with van der Waals surface area (Å²) in [5.41, 5.74) is 1.17. The number of halogens is 1. The molecular formula is C19H22FNO2. The summed E-state index contributed by atoms with van der Waals surface area (Å²) in [6, 6.07) is 11.9. The third-order valence-corrected chi connectivity index (χ3v) is 4.70. The van der Waals surface area contributed by atoms with Crippen LogP contribution in [0.25, 0.3) is 0 Å². The Bertz CT molecular complexity index is 698. The molecule has 0 radical (unpaired) electrons. The van der Waals surface area contributed by atoms with Crippen LogP contribution >= 0.6 is 0 Å². The summed E-state index contributed by atoms with van der Waals surface area (Å²) >= 11 is 0. The van der Waals surface area contributed by atoms with Crippen LogP contribution in [0.4, 0.5) is 10.1 Å². The predicted octanol–water partition coefficient (Wildman–Crippen LogP) is 4.49. The van der Waals surface area contributed by atoms with Gasteiger partial charge in [0.05, 0.1) is 12.2 Å². The van der Waals surface area contributed by atoms with Gasteiger partial charge in [0, 0.05) is 18.2 Å². The summed E-state index contributed by atoms with van der Waals surface area (Å²) in [5.74, 6) is 0.722. The van der Waals surface area contributed by atoms with Crippen LogP contribution in [0, 0.1) is 5.82 Å². The van der Waals surface area contributed by atoms with Crippen LogP contribution < -0.4 is 9.64 Å². The van der Waals surface area contributed by atoms with Gasteiger partial charge in [-0.25, -0.2) is 4.39 Å². The first-order valence-corrected chi connectivity index (χ1v) is 8.07. The molecule has 1 N–H and O–H groups in total. The zero-order valence-electron chi connectivity index (χ0n) is 13.6. The lowest BCUT2D eigenvalue weighted by atomic mass is 9.93. The lowest BCUT2D eigenvalue weighted by molar-refractivity contribution is 0.0568. The van der Waals surface area contributed by atoms with E-state index in [0.29, 0.717) is 18.7 Å². The highest BCUT2D eigenvalue weighted by Gasteiger charge is 2.37. The molecule has 2 aromatic carbocycles. The number of nitrogens with zero attached hydrogens (tertiary/aromatic N) is 1. The lowest BCUT2D eigenvalue weighted by Crippen LogP contribution is -2.50. The van der Waals surface area contributed by atoms with Crippen LogP contribution in [0.1, 0.15) is 32.3 Å². The van der Waals surface area contributed by atoms with Crippen LogP contribution in [-0.4, -0.2) is 17.3 Å². The maximum Gasteiger partial charge on any atom is 0.143 e. The van der Waals surface area contributed by atoms with Crippen LogP contribution in [-0.2, 0) is 6.54 Å². The molecule has 0 amide bonds. The molecule has 0 atom stereocenters. The van der Waals surface area contributed by atoms with Gasteiger partial charge in [0.1, 0.15) is 22.9 Å². The van der Waals surface area contributed by atoms with Crippen molar-refractivity contribution in [1.82, 2.24) is 0 Å². The Kier molecular flexibility index (Phi) is 4.16. The first-order chi connectivity index (χ1) is 11.1. The quantitative estimate of drug-likeness (QED) is 0.902. The first-order valence-electron chi connectivity index (χ1n) is 8.07. The van der Waals surface area contributed by atoms with Crippen LogP contribution in [0.5, 0.6) is 11.5 Å². The second kappa shape index (κ2) is 6.11. The fourth-order valence-corrected chi connectivity index (χ4v) is 3.13. The molecule has 1 aliphatic heterocycles. The number of phenolic OH excluding ortho intramolecular Hbond substituents is 1. The molecule has 0 fully saturated rings. The Morgan fingerprint density at radius 1 is 1.17 bits per heavy atom. The molecule has 3 rings (SSSR count). The van der Waals surface area contributed by atoms with Gasteiger partial charge in [-0.05, 0) is 31.0 Å². The van der Waals surface area contributed by atoms with Crippen molar-refractivity contribution in [1.29, 1.82) is 0 Å². The third-order valence-electron chi connectivity index (χ3n) is 4.70. The molecule has 1 heterocycles. The molecule has 0 spiro atoms. The molecule has 2 aromatic rings. The van der Waals surface area contributed by atoms with Gasteiger partial charge >= 0.3 is 0 Å². The number of rotatable bonds is 4. The summed E-state index contributed by atoms with van der Waals surface area (Å²) in [4.78, 5) is 2.10. The second-order valence-electron chi connectivity index (χ2n) is 6.09. The monoisotopic (exact) mass is 315 g/mol. The van der Waals surface area contributed by atoms with Gasteiger partial charge in [0.25, 0.3) is 0 Å². The average molecular weight is 315 g/mol. The van der Waals surface area contributed by atoms with E-state index in [2.05, 4.69) is 18.7 Å². The van der Waals surface area contributed by atoms with Gasteiger partial charge in [-0.15, -0.1) is 0 Å². The topological polar surface area (TPSA) is 32.7 Å². The molecule has 0 unspecified atom stereocenters. The van der Waals surface area contributed by atoms with E-state index in [4.69, 9.17) is 4.74 Å². The van der Waals surface area contributed by atoms with E-state index in [1.165, 1.54) is 6.07 Å². The van der Waals surface area contributed by atoms with E-state index in [9.17, 15) is 9.50 Å².